The quantitative estimate of drug-likeness (QED) is 0.876. The van der Waals surface area contributed by atoms with E-state index in [1.54, 1.807) is 7.11 Å². The monoisotopic (exact) mass is 336 g/mol. The molecule has 5 nitrogen and oxygen atoms in total. The van der Waals surface area contributed by atoms with E-state index >= 15 is 0 Å². The van der Waals surface area contributed by atoms with Crippen LogP contribution in [0.3, 0.4) is 0 Å². The zero-order valence-corrected chi connectivity index (χ0v) is 14.4. The fourth-order valence-corrected chi connectivity index (χ4v) is 3.80. The molecule has 1 N–H and O–H groups in total. The molecule has 2 heterocycles. The van der Waals surface area contributed by atoms with Crippen molar-refractivity contribution in [1.82, 2.24) is 4.90 Å². The van der Waals surface area contributed by atoms with E-state index in [4.69, 9.17) is 4.74 Å². The first-order valence-electron chi connectivity index (χ1n) is 8.54. The van der Waals surface area contributed by atoms with Crippen LogP contribution in [0.4, 0.5) is 5.69 Å². The first-order valence-corrected chi connectivity index (χ1v) is 8.54. The molecule has 0 aromatic heterocycles. The van der Waals surface area contributed by atoms with Gasteiger partial charge < -0.3 is 10.1 Å². The molecule has 2 aromatic rings. The minimum absolute atomic E-state index is 0.456. The molecular formula is C20H20N2O3. The number of nitrogens with one attached hydrogen (secondary N) is 1. The fourth-order valence-electron chi connectivity index (χ4n) is 3.80. The third-order valence-electron chi connectivity index (χ3n) is 5.14. The summed E-state index contributed by atoms with van der Waals surface area (Å²) in [4.78, 5) is 26.6. The Kier molecular flexibility index (Phi) is 3.81. The zero-order chi connectivity index (χ0) is 17.6. The van der Waals surface area contributed by atoms with Crippen LogP contribution in [0.5, 0.6) is 5.75 Å². The van der Waals surface area contributed by atoms with Crippen molar-refractivity contribution in [3.05, 3.63) is 47.0 Å². The number of hydrogen-bond acceptors (Lipinski definition) is 4. The Morgan fingerprint density at radius 1 is 1.12 bits per heavy atom. The number of ether oxygens (including phenoxy) is 1. The topological polar surface area (TPSA) is 58.6 Å². The largest absolute Gasteiger partial charge is 0.496 e. The van der Waals surface area contributed by atoms with Crippen LogP contribution in [0, 0.1) is 0 Å². The average Bonchev–Trinajstić information content (AvgIpc) is 2.95. The van der Waals surface area contributed by atoms with Gasteiger partial charge in [0, 0.05) is 18.7 Å². The number of rotatable bonds is 3. The summed E-state index contributed by atoms with van der Waals surface area (Å²) in [5.74, 6) is -0.224. The maximum absolute atomic E-state index is 12.3. The van der Waals surface area contributed by atoms with Crippen molar-refractivity contribution in [1.29, 1.82) is 0 Å². The third kappa shape index (κ3) is 2.43. The number of likely N-dealkylation sites (N-methyl/N-ethyl adjacent to an activating group) is 1. The van der Waals surface area contributed by atoms with Gasteiger partial charge in [-0.05, 0) is 41.8 Å². The predicted molar refractivity (Wildman–Crippen MR) is 96.0 cm³/mol. The molecule has 0 spiro atoms. The molecule has 2 aliphatic heterocycles. The van der Waals surface area contributed by atoms with Crippen LogP contribution >= 0.6 is 0 Å². The number of Topliss-reactive ketones (excluding diaryl/α,β-unsaturated/α-hetero) is 1. The Morgan fingerprint density at radius 3 is 2.68 bits per heavy atom. The Morgan fingerprint density at radius 2 is 1.92 bits per heavy atom. The van der Waals surface area contributed by atoms with Gasteiger partial charge in [-0.2, -0.15) is 0 Å². The van der Waals surface area contributed by atoms with Gasteiger partial charge in [0.2, 0.25) is 0 Å². The number of benzene rings is 2. The second-order valence-corrected chi connectivity index (χ2v) is 6.41. The number of fused-ring (bicyclic) bond motifs is 3. The Bertz CT molecular complexity index is 889. The number of nitrogens with zero attached hydrogens (tertiary/aromatic N) is 1. The molecule has 5 heteroatoms. The fraction of sp³-hybridized carbons (Fsp3) is 0.300. The SMILES string of the molecule is CCN1CCc2c(-c3ccccc3OC)cc3c(c2C1)NC(=O)C3=O. The minimum Gasteiger partial charge on any atom is -0.496 e. The summed E-state index contributed by atoms with van der Waals surface area (Å²) in [5.41, 5.74) is 5.38. The van der Waals surface area contributed by atoms with E-state index in [0.717, 1.165) is 48.5 Å². The Balaban J connectivity index is 1.98. The summed E-state index contributed by atoms with van der Waals surface area (Å²) < 4.78 is 5.52. The van der Waals surface area contributed by atoms with Crippen LogP contribution in [-0.2, 0) is 17.8 Å². The van der Waals surface area contributed by atoms with E-state index in [2.05, 4.69) is 17.1 Å². The van der Waals surface area contributed by atoms with Crippen LogP contribution in [0.15, 0.2) is 30.3 Å². The molecule has 4 rings (SSSR count). The van der Waals surface area contributed by atoms with E-state index in [1.807, 2.05) is 30.3 Å². The zero-order valence-electron chi connectivity index (χ0n) is 14.4. The number of anilines is 1. The smallest absolute Gasteiger partial charge is 0.296 e. The van der Waals surface area contributed by atoms with Crippen molar-refractivity contribution in [2.24, 2.45) is 0 Å². The van der Waals surface area contributed by atoms with Crippen LogP contribution in [-0.4, -0.2) is 36.8 Å². The second kappa shape index (κ2) is 6.01. The highest BCUT2D eigenvalue weighted by molar-refractivity contribution is 6.52. The van der Waals surface area contributed by atoms with Crippen LogP contribution < -0.4 is 10.1 Å². The van der Waals surface area contributed by atoms with E-state index in [9.17, 15) is 9.59 Å². The average molecular weight is 336 g/mol. The molecule has 0 aliphatic carbocycles. The highest BCUT2D eigenvalue weighted by Gasteiger charge is 2.34. The number of methoxy groups -OCH3 is 1. The van der Waals surface area contributed by atoms with Gasteiger partial charge in [0.05, 0.1) is 18.4 Å². The summed E-state index contributed by atoms with van der Waals surface area (Å²) in [7, 11) is 1.65. The number of para-hydroxylation sites is 1. The number of amides is 1. The molecule has 0 radical (unpaired) electrons. The normalized spacial score (nSPS) is 16.4. The molecule has 0 saturated carbocycles. The molecule has 2 aliphatic rings. The van der Waals surface area contributed by atoms with Crippen molar-refractivity contribution in [2.75, 3.05) is 25.5 Å². The second-order valence-electron chi connectivity index (χ2n) is 6.41. The molecule has 0 atom stereocenters. The summed E-state index contributed by atoms with van der Waals surface area (Å²) in [6.07, 6.45) is 0.883. The van der Waals surface area contributed by atoms with Gasteiger partial charge in [-0.25, -0.2) is 0 Å². The molecule has 0 unspecified atom stereocenters. The molecule has 1 amide bonds. The molecule has 0 saturated heterocycles. The van der Waals surface area contributed by atoms with Gasteiger partial charge >= 0.3 is 0 Å². The number of carbonyl (C=O) groups excluding carboxylic acids is 2. The maximum Gasteiger partial charge on any atom is 0.296 e. The van der Waals surface area contributed by atoms with Crippen molar-refractivity contribution < 1.29 is 14.3 Å². The first kappa shape index (κ1) is 15.8. The molecule has 0 fully saturated rings. The van der Waals surface area contributed by atoms with Gasteiger partial charge in [0.1, 0.15) is 5.75 Å². The molecule has 0 bridgehead atoms. The summed E-state index contributed by atoms with van der Waals surface area (Å²) in [6, 6.07) is 9.66. The first-order chi connectivity index (χ1) is 12.1. The van der Waals surface area contributed by atoms with Crippen molar-refractivity contribution in [3.8, 4) is 16.9 Å². The Hall–Kier alpha value is -2.66. The molecular weight excluding hydrogens is 316 g/mol. The number of carbonyl (C=O) groups is 2. The highest BCUT2D eigenvalue weighted by Crippen LogP contribution is 2.42. The number of ketones is 1. The van der Waals surface area contributed by atoms with Crippen LogP contribution in [0.2, 0.25) is 0 Å². The summed E-state index contributed by atoms with van der Waals surface area (Å²) >= 11 is 0. The van der Waals surface area contributed by atoms with E-state index < -0.39 is 11.7 Å². The molecule has 25 heavy (non-hydrogen) atoms. The van der Waals surface area contributed by atoms with Gasteiger partial charge in [0.25, 0.3) is 11.7 Å². The lowest BCUT2D eigenvalue weighted by Crippen LogP contribution is -2.31. The van der Waals surface area contributed by atoms with Crippen molar-refractivity contribution in [2.45, 2.75) is 19.9 Å². The minimum atomic E-state index is -0.539. The Labute approximate surface area is 146 Å². The molecule has 128 valence electrons. The molecule has 2 aromatic carbocycles. The van der Waals surface area contributed by atoms with E-state index in [0.29, 0.717) is 11.3 Å². The summed E-state index contributed by atoms with van der Waals surface area (Å²) in [6.45, 7) is 4.77. The van der Waals surface area contributed by atoms with Gasteiger partial charge in [0.15, 0.2) is 0 Å². The van der Waals surface area contributed by atoms with Gasteiger partial charge in [-0.3, -0.25) is 14.5 Å². The lowest BCUT2D eigenvalue weighted by Gasteiger charge is -2.31. The van der Waals surface area contributed by atoms with E-state index in [1.165, 1.54) is 5.56 Å². The standard InChI is InChI=1S/C20H20N2O3/c1-3-22-9-8-12-14(13-6-4-5-7-17(13)25-2)10-15-18(16(12)11-22)21-20(24)19(15)23/h4-7,10H,3,8-9,11H2,1-2H3,(H,21,23,24). The summed E-state index contributed by atoms with van der Waals surface area (Å²) in [5, 5.41) is 2.78. The van der Waals surface area contributed by atoms with E-state index in [-0.39, 0.29) is 0 Å². The highest BCUT2D eigenvalue weighted by atomic mass is 16.5. The van der Waals surface area contributed by atoms with Gasteiger partial charge in [-0.1, -0.05) is 25.1 Å². The third-order valence-corrected chi connectivity index (χ3v) is 5.14. The van der Waals surface area contributed by atoms with Crippen molar-refractivity contribution >= 4 is 17.4 Å². The maximum atomic E-state index is 12.3. The van der Waals surface area contributed by atoms with Gasteiger partial charge in [-0.15, -0.1) is 0 Å². The number of hydrogen-bond donors (Lipinski definition) is 1. The predicted octanol–water partition coefficient (Wildman–Crippen LogP) is 2.88. The lowest BCUT2D eigenvalue weighted by atomic mass is 9.87. The lowest BCUT2D eigenvalue weighted by molar-refractivity contribution is -0.112. The van der Waals surface area contributed by atoms with Crippen LogP contribution in [0.1, 0.15) is 28.4 Å². The van der Waals surface area contributed by atoms with Crippen LogP contribution in [0.25, 0.3) is 11.1 Å². The van der Waals surface area contributed by atoms with Crippen molar-refractivity contribution in [3.63, 3.8) is 0 Å².